The van der Waals surface area contributed by atoms with Gasteiger partial charge in [0.15, 0.2) is 0 Å². The lowest BCUT2D eigenvalue weighted by molar-refractivity contribution is 0.235. The van der Waals surface area contributed by atoms with Crippen LogP contribution in [-0.4, -0.2) is 36.0 Å². The van der Waals surface area contributed by atoms with E-state index in [1.54, 1.807) is 34.8 Å². The van der Waals surface area contributed by atoms with E-state index in [1.165, 1.54) is 0 Å². The maximum Gasteiger partial charge on any atom is 0.243 e. The van der Waals surface area contributed by atoms with Crippen molar-refractivity contribution < 1.29 is 8.42 Å². The average Bonchev–Trinajstić information content (AvgIpc) is 2.95. The lowest BCUT2D eigenvalue weighted by Crippen LogP contribution is -2.47. The van der Waals surface area contributed by atoms with Crippen LogP contribution in [0, 0.1) is 6.92 Å². The molecule has 1 fully saturated rings. The van der Waals surface area contributed by atoms with E-state index in [2.05, 4.69) is 17.1 Å². The normalized spacial score (nSPS) is 23.5. The molecule has 3 rings (SSSR count). The van der Waals surface area contributed by atoms with E-state index in [1.807, 2.05) is 13.0 Å². The Labute approximate surface area is 131 Å². The van der Waals surface area contributed by atoms with Gasteiger partial charge in [0.1, 0.15) is 0 Å². The van der Waals surface area contributed by atoms with Crippen LogP contribution in [0.5, 0.6) is 0 Å². The summed E-state index contributed by atoms with van der Waals surface area (Å²) in [4.78, 5) is 0.362. The van der Waals surface area contributed by atoms with Crippen molar-refractivity contribution in [1.29, 1.82) is 0 Å². The molecule has 0 aliphatic carbocycles. The molecule has 118 valence electrons. The van der Waals surface area contributed by atoms with Crippen molar-refractivity contribution in [3.05, 3.63) is 47.8 Å². The van der Waals surface area contributed by atoms with Gasteiger partial charge in [-0.25, -0.2) is 8.42 Å². The van der Waals surface area contributed by atoms with E-state index >= 15 is 0 Å². The molecule has 2 aromatic rings. The summed E-state index contributed by atoms with van der Waals surface area (Å²) in [5.74, 6) is 0. The van der Waals surface area contributed by atoms with Crippen molar-refractivity contribution in [2.75, 3.05) is 13.1 Å². The lowest BCUT2D eigenvalue weighted by Gasteiger charge is -2.39. The molecule has 0 saturated carbocycles. The van der Waals surface area contributed by atoms with Crippen molar-refractivity contribution in [3.8, 4) is 0 Å². The number of sulfonamides is 1. The van der Waals surface area contributed by atoms with Crippen LogP contribution in [0.2, 0.25) is 0 Å². The Morgan fingerprint density at radius 1 is 1.27 bits per heavy atom. The number of nitrogens with one attached hydrogen (secondary N) is 1. The molecule has 1 N–H and O–H groups in total. The van der Waals surface area contributed by atoms with Crippen molar-refractivity contribution in [2.45, 2.75) is 37.0 Å². The number of benzene rings is 1. The molecule has 1 unspecified atom stereocenters. The van der Waals surface area contributed by atoms with Crippen LogP contribution >= 0.6 is 0 Å². The fraction of sp³-hybridized carbons (Fsp3) is 0.438. The Kier molecular flexibility index (Phi) is 3.82. The third-order valence-corrected chi connectivity index (χ3v) is 6.33. The largest absolute Gasteiger partial charge is 0.282 e. The van der Waals surface area contributed by atoms with Crippen LogP contribution in [0.25, 0.3) is 0 Å². The first-order valence-electron chi connectivity index (χ1n) is 7.49. The lowest BCUT2D eigenvalue weighted by atomic mass is 9.78. The minimum Gasteiger partial charge on any atom is -0.282 e. The number of rotatable bonds is 3. The number of H-pyrrole nitrogens is 1. The summed E-state index contributed by atoms with van der Waals surface area (Å²) >= 11 is 0. The van der Waals surface area contributed by atoms with Crippen molar-refractivity contribution in [1.82, 2.24) is 14.5 Å². The summed E-state index contributed by atoms with van der Waals surface area (Å²) in [7, 11) is -3.44. The highest BCUT2D eigenvalue weighted by Crippen LogP contribution is 2.36. The Bertz CT molecular complexity index is 755. The zero-order valence-electron chi connectivity index (χ0n) is 12.9. The van der Waals surface area contributed by atoms with Crippen molar-refractivity contribution in [2.24, 2.45) is 0 Å². The molecule has 2 heterocycles. The van der Waals surface area contributed by atoms with Gasteiger partial charge in [0.25, 0.3) is 0 Å². The van der Waals surface area contributed by atoms with E-state index in [0.717, 1.165) is 24.1 Å². The first-order valence-corrected chi connectivity index (χ1v) is 8.93. The highest BCUT2D eigenvalue weighted by atomic mass is 32.2. The zero-order chi connectivity index (χ0) is 15.8. The van der Waals surface area contributed by atoms with Gasteiger partial charge in [0.05, 0.1) is 11.1 Å². The van der Waals surface area contributed by atoms with Crippen molar-refractivity contribution in [3.63, 3.8) is 0 Å². The van der Waals surface area contributed by atoms with E-state index in [0.29, 0.717) is 18.0 Å². The fourth-order valence-corrected chi connectivity index (χ4v) is 4.92. The van der Waals surface area contributed by atoms with Crippen LogP contribution in [0.4, 0.5) is 0 Å². The van der Waals surface area contributed by atoms with E-state index in [-0.39, 0.29) is 5.41 Å². The van der Waals surface area contributed by atoms with Gasteiger partial charge in [-0.05, 0) is 37.5 Å². The van der Waals surface area contributed by atoms with Crippen LogP contribution in [0.3, 0.4) is 0 Å². The van der Waals surface area contributed by atoms with Gasteiger partial charge < -0.3 is 0 Å². The SMILES string of the molecule is Cc1cn[nH]c1C1(C)CCCN(S(=O)(=O)c2ccccc2)C1. The van der Waals surface area contributed by atoms with Gasteiger partial charge in [-0.3, -0.25) is 5.10 Å². The summed E-state index contributed by atoms with van der Waals surface area (Å²) in [6.07, 6.45) is 3.60. The Hall–Kier alpha value is -1.66. The molecule has 1 aliphatic rings. The molecule has 1 atom stereocenters. The number of aryl methyl sites for hydroxylation is 1. The third kappa shape index (κ3) is 2.57. The van der Waals surface area contributed by atoms with Crippen LogP contribution < -0.4 is 0 Å². The van der Waals surface area contributed by atoms with E-state index < -0.39 is 10.0 Å². The van der Waals surface area contributed by atoms with Gasteiger partial charge in [-0.15, -0.1) is 0 Å². The first kappa shape index (κ1) is 15.2. The van der Waals surface area contributed by atoms with Crippen LogP contribution in [-0.2, 0) is 15.4 Å². The topological polar surface area (TPSA) is 66.1 Å². The van der Waals surface area contributed by atoms with Crippen LogP contribution in [0.1, 0.15) is 31.0 Å². The number of hydrogen-bond donors (Lipinski definition) is 1. The standard InChI is InChI=1S/C16H21N3O2S/c1-13-11-17-18-15(13)16(2)9-6-10-19(12-16)22(20,21)14-7-4-3-5-8-14/h3-5,7-8,11H,6,9-10,12H2,1-2H3,(H,17,18). The average molecular weight is 319 g/mol. The third-order valence-electron chi connectivity index (χ3n) is 4.47. The summed E-state index contributed by atoms with van der Waals surface area (Å²) in [5, 5.41) is 7.15. The molecule has 22 heavy (non-hydrogen) atoms. The number of aromatic nitrogens is 2. The van der Waals surface area contributed by atoms with Gasteiger partial charge in [-0.2, -0.15) is 9.40 Å². The van der Waals surface area contributed by atoms with Gasteiger partial charge >= 0.3 is 0 Å². The van der Waals surface area contributed by atoms with E-state index in [4.69, 9.17) is 0 Å². The molecular weight excluding hydrogens is 298 g/mol. The molecule has 0 radical (unpaired) electrons. The predicted octanol–water partition coefficient (Wildman–Crippen LogP) is 2.46. The first-order chi connectivity index (χ1) is 10.4. The molecule has 1 aromatic heterocycles. The second kappa shape index (κ2) is 5.52. The molecule has 0 spiro atoms. The number of aromatic amines is 1. The Morgan fingerprint density at radius 3 is 2.64 bits per heavy atom. The molecule has 6 heteroatoms. The molecule has 1 aliphatic heterocycles. The van der Waals surface area contributed by atoms with Gasteiger partial charge in [0.2, 0.25) is 10.0 Å². The Balaban J connectivity index is 1.92. The fourth-order valence-electron chi connectivity index (χ4n) is 3.30. The maximum atomic E-state index is 12.8. The molecule has 5 nitrogen and oxygen atoms in total. The molecule has 1 saturated heterocycles. The quantitative estimate of drug-likeness (QED) is 0.945. The molecule has 0 bridgehead atoms. The number of hydrogen-bond acceptors (Lipinski definition) is 3. The highest BCUT2D eigenvalue weighted by molar-refractivity contribution is 7.89. The van der Waals surface area contributed by atoms with Crippen molar-refractivity contribution >= 4 is 10.0 Å². The van der Waals surface area contributed by atoms with Crippen LogP contribution in [0.15, 0.2) is 41.4 Å². The van der Waals surface area contributed by atoms with E-state index in [9.17, 15) is 8.42 Å². The molecular formula is C16H21N3O2S. The maximum absolute atomic E-state index is 12.8. The summed E-state index contributed by atoms with van der Waals surface area (Å²) in [5.41, 5.74) is 1.91. The monoisotopic (exact) mass is 319 g/mol. The number of piperidine rings is 1. The zero-order valence-corrected chi connectivity index (χ0v) is 13.7. The predicted molar refractivity (Wildman–Crippen MR) is 85.1 cm³/mol. The summed E-state index contributed by atoms with van der Waals surface area (Å²) in [6.45, 7) is 5.17. The minimum absolute atomic E-state index is 0.222. The molecule has 1 aromatic carbocycles. The molecule has 0 amide bonds. The second-order valence-electron chi connectivity index (χ2n) is 6.24. The van der Waals surface area contributed by atoms with Gasteiger partial charge in [-0.1, -0.05) is 25.1 Å². The van der Waals surface area contributed by atoms with Gasteiger partial charge in [0, 0.05) is 24.2 Å². The Morgan fingerprint density at radius 2 is 2.00 bits per heavy atom. The summed E-state index contributed by atoms with van der Waals surface area (Å²) in [6, 6.07) is 8.66. The highest BCUT2D eigenvalue weighted by Gasteiger charge is 2.39. The minimum atomic E-state index is -3.44. The smallest absolute Gasteiger partial charge is 0.243 e. The summed E-state index contributed by atoms with van der Waals surface area (Å²) < 4.78 is 27.3. The second-order valence-corrected chi connectivity index (χ2v) is 8.18. The number of nitrogens with zero attached hydrogens (tertiary/aromatic N) is 2.